The standard InChI is InChI=1S/C22H25N7O/c1-13(30)26-12-14-4-6-15(7-5-14)22-28-18(19-20(23)24-9-10-29(19)22)17-11-16-3-2-8-25-21(16)27-17/h2-3,8-11,14-15H,4-7,12H2,1H3,(H2,23,24)(H,25,27)(H,26,30). The van der Waals surface area contributed by atoms with Crippen molar-refractivity contribution in [1.29, 1.82) is 0 Å². The molecular formula is C22H25N7O. The molecule has 1 fully saturated rings. The third-order valence-electron chi connectivity index (χ3n) is 6.11. The number of hydrogen-bond acceptors (Lipinski definition) is 5. The van der Waals surface area contributed by atoms with Gasteiger partial charge in [-0.1, -0.05) is 0 Å². The van der Waals surface area contributed by atoms with Crippen molar-refractivity contribution in [2.45, 2.75) is 38.5 Å². The lowest BCUT2D eigenvalue weighted by molar-refractivity contribution is -0.119. The zero-order chi connectivity index (χ0) is 20.7. The number of pyridine rings is 1. The number of rotatable bonds is 4. The van der Waals surface area contributed by atoms with Gasteiger partial charge in [0, 0.05) is 43.4 Å². The molecule has 4 heterocycles. The summed E-state index contributed by atoms with van der Waals surface area (Å²) >= 11 is 0. The highest BCUT2D eigenvalue weighted by molar-refractivity contribution is 5.90. The monoisotopic (exact) mass is 403 g/mol. The Bertz CT molecular complexity index is 1180. The van der Waals surface area contributed by atoms with Crippen LogP contribution in [0.15, 0.2) is 36.8 Å². The number of H-pyrrole nitrogens is 1. The van der Waals surface area contributed by atoms with E-state index < -0.39 is 0 Å². The summed E-state index contributed by atoms with van der Waals surface area (Å²) in [6, 6.07) is 6.01. The van der Waals surface area contributed by atoms with Crippen molar-refractivity contribution < 1.29 is 4.79 Å². The van der Waals surface area contributed by atoms with Crippen LogP contribution in [0.25, 0.3) is 27.9 Å². The quantitative estimate of drug-likeness (QED) is 0.484. The Labute approximate surface area is 173 Å². The molecule has 0 saturated heterocycles. The van der Waals surface area contributed by atoms with Crippen LogP contribution in [0.3, 0.4) is 0 Å². The highest BCUT2D eigenvalue weighted by Gasteiger charge is 2.28. The number of carbonyl (C=O) groups excluding carboxylic acids is 1. The van der Waals surface area contributed by atoms with E-state index in [-0.39, 0.29) is 5.91 Å². The minimum absolute atomic E-state index is 0.0387. The van der Waals surface area contributed by atoms with Gasteiger partial charge in [0.1, 0.15) is 28.5 Å². The van der Waals surface area contributed by atoms with Gasteiger partial charge in [-0.3, -0.25) is 9.20 Å². The molecule has 8 heteroatoms. The molecular weight excluding hydrogens is 378 g/mol. The molecule has 4 N–H and O–H groups in total. The van der Waals surface area contributed by atoms with Crippen LogP contribution in [0, 0.1) is 5.92 Å². The van der Waals surface area contributed by atoms with Crippen molar-refractivity contribution in [2.75, 3.05) is 12.3 Å². The fourth-order valence-corrected chi connectivity index (χ4v) is 4.56. The van der Waals surface area contributed by atoms with Crippen LogP contribution in [0.1, 0.15) is 44.3 Å². The minimum atomic E-state index is 0.0387. The van der Waals surface area contributed by atoms with Gasteiger partial charge < -0.3 is 16.0 Å². The first-order valence-corrected chi connectivity index (χ1v) is 10.4. The largest absolute Gasteiger partial charge is 0.382 e. The summed E-state index contributed by atoms with van der Waals surface area (Å²) in [7, 11) is 0. The van der Waals surface area contributed by atoms with Crippen LogP contribution >= 0.6 is 0 Å². The van der Waals surface area contributed by atoms with E-state index in [9.17, 15) is 4.79 Å². The number of fused-ring (bicyclic) bond motifs is 2. The van der Waals surface area contributed by atoms with E-state index >= 15 is 0 Å². The topological polar surface area (TPSA) is 114 Å². The molecule has 0 atom stereocenters. The predicted octanol–water partition coefficient (Wildman–Crippen LogP) is 3.26. The van der Waals surface area contributed by atoms with Crippen LogP contribution in [-0.2, 0) is 4.79 Å². The highest BCUT2D eigenvalue weighted by atomic mass is 16.1. The molecule has 0 spiro atoms. The lowest BCUT2D eigenvalue weighted by atomic mass is 9.81. The van der Waals surface area contributed by atoms with Gasteiger partial charge in [-0.15, -0.1) is 0 Å². The maximum absolute atomic E-state index is 11.2. The normalized spacial score (nSPS) is 19.4. The molecule has 154 valence electrons. The molecule has 1 aliphatic carbocycles. The Balaban J connectivity index is 1.50. The number of aromatic nitrogens is 5. The van der Waals surface area contributed by atoms with Crippen LogP contribution < -0.4 is 11.1 Å². The summed E-state index contributed by atoms with van der Waals surface area (Å²) in [5, 5.41) is 3.99. The fourth-order valence-electron chi connectivity index (χ4n) is 4.56. The van der Waals surface area contributed by atoms with Gasteiger partial charge in [0.2, 0.25) is 5.91 Å². The van der Waals surface area contributed by atoms with Gasteiger partial charge in [0.25, 0.3) is 0 Å². The van der Waals surface area contributed by atoms with Gasteiger partial charge in [-0.25, -0.2) is 15.0 Å². The van der Waals surface area contributed by atoms with E-state index in [0.717, 1.165) is 66.0 Å². The average molecular weight is 403 g/mol. The molecule has 1 aliphatic rings. The number of nitrogens with two attached hydrogens (primary N) is 1. The van der Waals surface area contributed by atoms with Crippen LogP contribution in [-0.4, -0.2) is 36.8 Å². The third kappa shape index (κ3) is 3.28. The minimum Gasteiger partial charge on any atom is -0.382 e. The second-order valence-electron chi connectivity index (χ2n) is 8.13. The third-order valence-corrected chi connectivity index (χ3v) is 6.11. The van der Waals surface area contributed by atoms with Crippen LogP contribution in [0.4, 0.5) is 5.82 Å². The molecule has 1 amide bonds. The van der Waals surface area contributed by atoms with Gasteiger partial charge in [-0.05, 0) is 49.8 Å². The van der Waals surface area contributed by atoms with E-state index in [1.807, 2.05) is 18.3 Å². The molecule has 30 heavy (non-hydrogen) atoms. The number of amides is 1. The van der Waals surface area contributed by atoms with Crippen molar-refractivity contribution in [3.8, 4) is 11.4 Å². The van der Waals surface area contributed by atoms with Crippen molar-refractivity contribution in [1.82, 2.24) is 29.7 Å². The van der Waals surface area contributed by atoms with Crippen molar-refractivity contribution in [3.05, 3.63) is 42.6 Å². The van der Waals surface area contributed by atoms with Gasteiger partial charge >= 0.3 is 0 Å². The Kier molecular flexibility index (Phi) is 4.61. The second-order valence-corrected chi connectivity index (χ2v) is 8.13. The first-order chi connectivity index (χ1) is 14.6. The molecule has 0 radical (unpaired) electrons. The number of nitrogens with zero attached hydrogens (tertiary/aromatic N) is 4. The summed E-state index contributed by atoms with van der Waals surface area (Å²) in [5.41, 5.74) is 9.65. The Hall–Kier alpha value is -3.42. The molecule has 4 aromatic heterocycles. The second kappa shape index (κ2) is 7.44. The molecule has 8 nitrogen and oxygen atoms in total. The van der Waals surface area contributed by atoms with E-state index in [1.54, 1.807) is 19.3 Å². The fraction of sp³-hybridized carbons (Fsp3) is 0.364. The number of carbonyl (C=O) groups is 1. The van der Waals surface area contributed by atoms with Crippen molar-refractivity contribution >= 4 is 28.3 Å². The molecule has 4 aromatic rings. The zero-order valence-electron chi connectivity index (χ0n) is 16.9. The zero-order valence-corrected chi connectivity index (χ0v) is 16.9. The smallest absolute Gasteiger partial charge is 0.216 e. The van der Waals surface area contributed by atoms with Crippen molar-refractivity contribution in [3.63, 3.8) is 0 Å². The first kappa shape index (κ1) is 18.6. The molecule has 0 aromatic carbocycles. The number of anilines is 1. The van der Waals surface area contributed by atoms with Gasteiger partial charge in [-0.2, -0.15) is 0 Å². The van der Waals surface area contributed by atoms with E-state index in [1.165, 1.54) is 0 Å². The molecule has 0 unspecified atom stereocenters. The summed E-state index contributed by atoms with van der Waals surface area (Å²) in [5.74, 6) is 2.42. The summed E-state index contributed by atoms with van der Waals surface area (Å²) in [4.78, 5) is 28.3. The Morgan fingerprint density at radius 3 is 2.87 bits per heavy atom. The van der Waals surface area contributed by atoms with E-state index in [4.69, 9.17) is 10.7 Å². The predicted molar refractivity (Wildman–Crippen MR) is 116 cm³/mol. The number of hydrogen-bond donors (Lipinski definition) is 3. The maximum Gasteiger partial charge on any atom is 0.216 e. The van der Waals surface area contributed by atoms with Crippen molar-refractivity contribution in [2.24, 2.45) is 5.92 Å². The van der Waals surface area contributed by atoms with Crippen LogP contribution in [0.5, 0.6) is 0 Å². The lowest BCUT2D eigenvalue weighted by Gasteiger charge is -2.27. The summed E-state index contributed by atoms with van der Waals surface area (Å²) in [6.07, 6.45) is 9.68. The first-order valence-electron chi connectivity index (χ1n) is 10.4. The SMILES string of the molecule is CC(=O)NCC1CCC(c2nc(-c3cc4cccnc4[nH]3)c3c(N)nccn23)CC1. The number of imidazole rings is 1. The molecule has 5 rings (SSSR count). The maximum atomic E-state index is 11.2. The van der Waals surface area contributed by atoms with Gasteiger partial charge in [0.15, 0.2) is 0 Å². The highest BCUT2D eigenvalue weighted by Crippen LogP contribution is 2.38. The van der Waals surface area contributed by atoms with Gasteiger partial charge in [0.05, 0.1) is 5.69 Å². The molecule has 0 bridgehead atoms. The van der Waals surface area contributed by atoms with Crippen LogP contribution in [0.2, 0.25) is 0 Å². The summed E-state index contributed by atoms with van der Waals surface area (Å²) < 4.78 is 2.09. The average Bonchev–Trinajstić information content (AvgIpc) is 3.35. The lowest BCUT2D eigenvalue weighted by Crippen LogP contribution is -2.29. The van der Waals surface area contributed by atoms with E-state index in [0.29, 0.717) is 17.7 Å². The Morgan fingerprint density at radius 1 is 1.27 bits per heavy atom. The van der Waals surface area contributed by atoms with E-state index in [2.05, 4.69) is 30.7 Å². The number of nitrogen functional groups attached to an aromatic ring is 1. The number of aromatic amines is 1. The molecule has 1 saturated carbocycles. The number of nitrogens with one attached hydrogen (secondary N) is 2. The molecule has 0 aliphatic heterocycles. The summed E-state index contributed by atoms with van der Waals surface area (Å²) in [6.45, 7) is 2.33. The Morgan fingerprint density at radius 2 is 2.10 bits per heavy atom.